The topological polar surface area (TPSA) is 16.4 Å². The molecule has 2 nitrogen and oxygen atoms in total. The summed E-state index contributed by atoms with van der Waals surface area (Å²) in [6, 6.07) is 82.1. The fraction of sp³-hybridized carbons (Fsp3) is 0. The van der Waals surface area contributed by atoms with Gasteiger partial charge in [-0.1, -0.05) is 158 Å². The highest BCUT2D eigenvalue weighted by Gasteiger charge is 2.18. The van der Waals surface area contributed by atoms with E-state index in [0.29, 0.717) is 0 Å². The number of para-hydroxylation sites is 1. The molecule has 0 saturated carbocycles. The predicted molar refractivity (Wildman–Crippen MR) is 272 cm³/mol. The molecule has 0 aliphatic rings. The summed E-state index contributed by atoms with van der Waals surface area (Å²) >= 11 is 1.87. The van der Waals surface area contributed by atoms with Crippen LogP contribution in [0, 0.1) is 0 Å². The van der Waals surface area contributed by atoms with Gasteiger partial charge in [0.05, 0.1) is 0 Å². The number of nitrogens with zero attached hydrogens (tertiary/aromatic N) is 1. The van der Waals surface area contributed by atoms with Crippen LogP contribution in [0.3, 0.4) is 0 Å². The van der Waals surface area contributed by atoms with E-state index in [0.717, 1.165) is 39.0 Å². The summed E-state index contributed by atoms with van der Waals surface area (Å²) in [6.45, 7) is 0. The molecule has 0 fully saturated rings. The van der Waals surface area contributed by atoms with Gasteiger partial charge in [0.2, 0.25) is 0 Å². The van der Waals surface area contributed by atoms with Crippen molar-refractivity contribution in [1.29, 1.82) is 0 Å². The van der Waals surface area contributed by atoms with E-state index >= 15 is 0 Å². The number of fused-ring (bicyclic) bond motifs is 16. The highest BCUT2D eigenvalue weighted by atomic mass is 32.1. The summed E-state index contributed by atoms with van der Waals surface area (Å²) in [5.41, 5.74) is 7.26. The first kappa shape index (κ1) is 35.7. The fourth-order valence-corrected chi connectivity index (χ4v) is 11.1. The van der Waals surface area contributed by atoms with Gasteiger partial charge in [0.1, 0.15) is 11.2 Å². The molecule has 0 N–H and O–H groups in total. The lowest BCUT2D eigenvalue weighted by Crippen LogP contribution is -2.09. The quantitative estimate of drug-likeness (QED) is 0.176. The number of hydrogen-bond donors (Lipinski definition) is 0. The number of anilines is 3. The zero-order valence-corrected chi connectivity index (χ0v) is 34.9. The van der Waals surface area contributed by atoms with E-state index in [9.17, 15) is 0 Å². The lowest BCUT2D eigenvalue weighted by atomic mass is 9.93. The molecule has 2 heterocycles. The molecular formula is C60H37NOS. The van der Waals surface area contributed by atoms with Gasteiger partial charge >= 0.3 is 0 Å². The number of benzene rings is 10. The second-order valence-corrected chi connectivity index (χ2v) is 17.5. The Morgan fingerprint density at radius 3 is 1.37 bits per heavy atom. The Labute approximate surface area is 367 Å². The van der Waals surface area contributed by atoms with Crippen molar-refractivity contribution in [2.24, 2.45) is 0 Å². The van der Waals surface area contributed by atoms with E-state index in [-0.39, 0.29) is 0 Å². The van der Waals surface area contributed by atoms with Crippen LogP contribution in [0.1, 0.15) is 0 Å². The molecule has 294 valence electrons. The number of furan rings is 1. The highest BCUT2D eigenvalue weighted by Crippen LogP contribution is 2.44. The second kappa shape index (κ2) is 14.3. The van der Waals surface area contributed by atoms with E-state index in [2.05, 4.69) is 217 Å². The minimum Gasteiger partial charge on any atom is -0.456 e. The number of hydrogen-bond acceptors (Lipinski definition) is 3. The average Bonchev–Trinajstić information content (AvgIpc) is 3.91. The molecule has 13 aromatic rings. The predicted octanol–water partition coefficient (Wildman–Crippen LogP) is 18.0. The first-order valence-electron chi connectivity index (χ1n) is 21.5. The van der Waals surface area contributed by atoms with Crippen LogP contribution in [0.4, 0.5) is 17.1 Å². The Kier molecular flexibility index (Phi) is 8.12. The third-order valence-corrected chi connectivity index (χ3v) is 14.0. The molecule has 0 atom stereocenters. The van der Waals surface area contributed by atoms with Crippen LogP contribution in [0.2, 0.25) is 0 Å². The van der Waals surface area contributed by atoms with Crippen molar-refractivity contribution in [2.75, 3.05) is 4.90 Å². The molecule has 0 spiro atoms. The molecule has 0 amide bonds. The molecule has 0 aliphatic carbocycles. The largest absolute Gasteiger partial charge is 0.456 e. The minimum absolute atomic E-state index is 0.862. The van der Waals surface area contributed by atoms with Crippen LogP contribution >= 0.6 is 11.3 Å². The summed E-state index contributed by atoms with van der Waals surface area (Å²) in [6.07, 6.45) is 0. The highest BCUT2D eigenvalue weighted by molar-refractivity contribution is 7.25. The van der Waals surface area contributed by atoms with E-state index < -0.39 is 0 Å². The Morgan fingerprint density at radius 2 is 0.698 bits per heavy atom. The Morgan fingerprint density at radius 1 is 0.254 bits per heavy atom. The van der Waals surface area contributed by atoms with Crippen molar-refractivity contribution in [3.8, 4) is 11.1 Å². The summed E-state index contributed by atoms with van der Waals surface area (Å²) in [4.78, 5) is 2.38. The van der Waals surface area contributed by atoms with Crippen LogP contribution in [-0.4, -0.2) is 0 Å². The summed E-state index contributed by atoms with van der Waals surface area (Å²) in [5, 5.41) is 16.9. The van der Waals surface area contributed by atoms with Crippen LogP contribution in [-0.2, 0) is 0 Å². The average molecular weight is 820 g/mol. The van der Waals surface area contributed by atoms with Gasteiger partial charge in [0.15, 0.2) is 0 Å². The van der Waals surface area contributed by atoms with Crippen LogP contribution in [0.25, 0.3) is 107 Å². The van der Waals surface area contributed by atoms with Crippen LogP contribution < -0.4 is 4.90 Å². The summed E-state index contributed by atoms with van der Waals surface area (Å²) < 4.78 is 9.10. The normalized spacial score (nSPS) is 11.8. The standard InChI is InChI=1S/C60H37NOS/c1-2-14-38(15-3-1)39-26-28-40(29-27-39)61(42-31-33-51-50-22-10-12-24-57(50)62-58(51)35-42)41-30-32-49-53(34-41)47-20-8-6-18-45(47)43-16-4-5-17-44(43)46-19-7-9-21-48(46)54-36-56-52-23-11-13-25-59(52)63-60(56)37-55(49)54/h1-37H. The van der Waals surface area contributed by atoms with Gasteiger partial charge in [-0.15, -0.1) is 11.3 Å². The van der Waals surface area contributed by atoms with Gasteiger partial charge < -0.3 is 9.32 Å². The molecule has 0 saturated heterocycles. The number of rotatable bonds is 4. The molecule has 63 heavy (non-hydrogen) atoms. The zero-order chi connectivity index (χ0) is 41.4. The third kappa shape index (κ3) is 5.78. The maximum absolute atomic E-state index is 6.52. The molecular weight excluding hydrogens is 783 g/mol. The van der Waals surface area contributed by atoms with Crippen molar-refractivity contribution in [2.45, 2.75) is 0 Å². The Hall–Kier alpha value is -7.98. The Bertz CT molecular complexity index is 4030. The van der Waals surface area contributed by atoms with Gasteiger partial charge in [-0.05, 0) is 126 Å². The third-order valence-electron chi connectivity index (χ3n) is 12.9. The van der Waals surface area contributed by atoms with Gasteiger partial charge in [-0.25, -0.2) is 0 Å². The van der Waals surface area contributed by atoms with Crippen LogP contribution in [0.5, 0.6) is 0 Å². The second-order valence-electron chi connectivity index (χ2n) is 16.4. The van der Waals surface area contributed by atoms with E-state index in [1.165, 1.54) is 85.2 Å². The van der Waals surface area contributed by atoms with Crippen molar-refractivity contribution >= 4 is 124 Å². The van der Waals surface area contributed by atoms with E-state index in [4.69, 9.17) is 4.42 Å². The van der Waals surface area contributed by atoms with Crippen LogP contribution in [0.15, 0.2) is 229 Å². The molecule has 0 aliphatic heterocycles. The molecule has 11 aromatic carbocycles. The van der Waals surface area contributed by atoms with Gasteiger partial charge in [0, 0.05) is 54.1 Å². The minimum atomic E-state index is 0.862. The molecule has 13 rings (SSSR count). The van der Waals surface area contributed by atoms with Crippen molar-refractivity contribution in [3.05, 3.63) is 224 Å². The monoisotopic (exact) mass is 819 g/mol. The van der Waals surface area contributed by atoms with E-state index in [1.54, 1.807) is 0 Å². The maximum Gasteiger partial charge on any atom is 0.137 e. The first-order chi connectivity index (χ1) is 31.2. The number of thiophene rings is 1. The molecule has 0 unspecified atom stereocenters. The molecule has 0 radical (unpaired) electrons. The maximum atomic E-state index is 6.52. The Balaban J connectivity index is 1.17. The summed E-state index contributed by atoms with van der Waals surface area (Å²) in [7, 11) is 0. The smallest absolute Gasteiger partial charge is 0.137 e. The van der Waals surface area contributed by atoms with Gasteiger partial charge in [-0.2, -0.15) is 0 Å². The van der Waals surface area contributed by atoms with Gasteiger partial charge in [-0.3, -0.25) is 0 Å². The zero-order valence-electron chi connectivity index (χ0n) is 34.1. The van der Waals surface area contributed by atoms with Crippen molar-refractivity contribution in [3.63, 3.8) is 0 Å². The molecule has 3 heteroatoms. The SMILES string of the molecule is c1ccc(-c2ccc(N(c3ccc4c(c3)oc3ccccc34)c3ccc4c(c3)c3ccccc3c3ccccc3c3ccccc3c3cc5c(cc43)sc3ccccc35)cc2)cc1. The summed E-state index contributed by atoms with van der Waals surface area (Å²) in [5.74, 6) is 0. The first-order valence-corrected chi connectivity index (χ1v) is 22.3. The lowest BCUT2D eigenvalue weighted by Gasteiger charge is -2.26. The lowest BCUT2D eigenvalue weighted by molar-refractivity contribution is 0.669. The van der Waals surface area contributed by atoms with Crippen molar-refractivity contribution < 1.29 is 4.42 Å². The molecule has 2 aromatic heterocycles. The molecule has 0 bridgehead atoms. The van der Waals surface area contributed by atoms with E-state index in [1.807, 2.05) is 23.5 Å². The van der Waals surface area contributed by atoms with Gasteiger partial charge in [0.25, 0.3) is 0 Å². The fourth-order valence-electron chi connectivity index (χ4n) is 9.94. The van der Waals surface area contributed by atoms with Crippen molar-refractivity contribution in [1.82, 2.24) is 0 Å².